The molecule has 1 saturated heterocycles. The maximum Gasteiger partial charge on any atom is 0.309 e. The third-order valence-electron chi connectivity index (χ3n) is 2.86. The summed E-state index contributed by atoms with van der Waals surface area (Å²) in [5, 5.41) is 18.3. The second kappa shape index (κ2) is 3.12. The molecule has 13 heavy (non-hydrogen) atoms. The molecule has 4 nitrogen and oxygen atoms in total. The van der Waals surface area contributed by atoms with E-state index in [1.54, 1.807) is 0 Å². The lowest BCUT2D eigenvalue weighted by Crippen LogP contribution is -2.42. The fourth-order valence-corrected chi connectivity index (χ4v) is 2.10. The Kier molecular flexibility index (Phi) is 2.09. The van der Waals surface area contributed by atoms with Gasteiger partial charge >= 0.3 is 5.97 Å². The maximum atomic E-state index is 10.8. The molecule has 2 N–H and O–H groups in total. The predicted octanol–water partition coefficient (Wildman–Crippen LogP) is 0.228. The minimum absolute atomic E-state index is 0.0544. The molecule has 0 saturated carbocycles. The van der Waals surface area contributed by atoms with Crippen molar-refractivity contribution in [3.8, 4) is 0 Å². The highest BCUT2D eigenvalue weighted by Crippen LogP contribution is 2.38. The van der Waals surface area contributed by atoms with Gasteiger partial charge in [-0.15, -0.1) is 0 Å². The number of aliphatic hydroxyl groups excluding tert-OH is 1. The van der Waals surface area contributed by atoms with Crippen LogP contribution in [0.3, 0.4) is 0 Å². The van der Waals surface area contributed by atoms with Crippen molar-refractivity contribution in [1.29, 1.82) is 0 Å². The van der Waals surface area contributed by atoms with Crippen LogP contribution < -0.4 is 0 Å². The summed E-state index contributed by atoms with van der Waals surface area (Å²) in [5.41, 5.74) is 0. The van der Waals surface area contributed by atoms with Crippen LogP contribution in [0.15, 0.2) is 12.2 Å². The van der Waals surface area contributed by atoms with E-state index in [-0.39, 0.29) is 18.4 Å². The smallest absolute Gasteiger partial charge is 0.309 e. The van der Waals surface area contributed by atoms with Crippen molar-refractivity contribution in [2.75, 3.05) is 6.61 Å². The van der Waals surface area contributed by atoms with Crippen molar-refractivity contribution in [1.82, 2.24) is 0 Å². The molecule has 4 atom stereocenters. The standard InChI is InChI=1S/C9H12O4/c10-8(11)7-4-13-9(12)6-3-1-2-5(6)7/h1-2,5-7,9,12H,3-4H2,(H,10,11). The van der Waals surface area contributed by atoms with Crippen LogP contribution in [0.4, 0.5) is 0 Å². The van der Waals surface area contributed by atoms with E-state index in [0.29, 0.717) is 0 Å². The summed E-state index contributed by atoms with van der Waals surface area (Å²) in [4.78, 5) is 10.8. The number of hydrogen-bond acceptors (Lipinski definition) is 3. The Bertz CT molecular complexity index is 248. The summed E-state index contributed by atoms with van der Waals surface area (Å²) in [7, 11) is 0. The molecule has 0 spiro atoms. The Morgan fingerprint density at radius 3 is 3.00 bits per heavy atom. The number of fused-ring (bicyclic) bond motifs is 1. The summed E-state index contributed by atoms with van der Waals surface area (Å²) >= 11 is 0. The van der Waals surface area contributed by atoms with Gasteiger partial charge in [0.2, 0.25) is 0 Å². The lowest BCUT2D eigenvalue weighted by Gasteiger charge is -2.34. The fourth-order valence-electron chi connectivity index (χ4n) is 2.10. The zero-order chi connectivity index (χ0) is 9.42. The number of hydrogen-bond donors (Lipinski definition) is 2. The second-order valence-corrected chi connectivity index (χ2v) is 3.57. The molecule has 1 heterocycles. The molecule has 0 aromatic carbocycles. The van der Waals surface area contributed by atoms with Crippen molar-refractivity contribution in [3.63, 3.8) is 0 Å². The molecule has 4 unspecified atom stereocenters. The van der Waals surface area contributed by atoms with E-state index in [4.69, 9.17) is 9.84 Å². The molecule has 0 amide bonds. The van der Waals surface area contributed by atoms with Gasteiger partial charge in [-0.2, -0.15) is 0 Å². The molecule has 1 aliphatic heterocycles. The number of ether oxygens (including phenoxy) is 1. The molecule has 0 bridgehead atoms. The molecule has 2 aliphatic rings. The van der Waals surface area contributed by atoms with Crippen LogP contribution in [0, 0.1) is 17.8 Å². The number of carboxylic acids is 1. The highest BCUT2D eigenvalue weighted by Gasteiger charge is 2.43. The van der Waals surface area contributed by atoms with E-state index in [0.717, 1.165) is 6.42 Å². The summed E-state index contributed by atoms with van der Waals surface area (Å²) in [6.07, 6.45) is 3.73. The van der Waals surface area contributed by atoms with Crippen molar-refractivity contribution in [3.05, 3.63) is 12.2 Å². The normalized spacial score (nSPS) is 43.2. The van der Waals surface area contributed by atoms with Gasteiger partial charge in [-0.3, -0.25) is 4.79 Å². The first-order valence-electron chi connectivity index (χ1n) is 4.39. The van der Waals surface area contributed by atoms with Crippen molar-refractivity contribution < 1.29 is 19.7 Å². The van der Waals surface area contributed by atoms with Crippen molar-refractivity contribution in [2.24, 2.45) is 17.8 Å². The highest BCUT2D eigenvalue weighted by atomic mass is 16.6. The molecule has 1 fully saturated rings. The van der Waals surface area contributed by atoms with Gasteiger partial charge in [0.05, 0.1) is 12.5 Å². The molecule has 0 aromatic heterocycles. The Labute approximate surface area is 75.8 Å². The monoisotopic (exact) mass is 184 g/mol. The first kappa shape index (κ1) is 8.72. The quantitative estimate of drug-likeness (QED) is 0.572. The molecule has 4 heteroatoms. The molecule has 72 valence electrons. The first-order chi connectivity index (χ1) is 6.20. The minimum Gasteiger partial charge on any atom is -0.481 e. The number of carboxylic acid groups (broad SMARTS) is 1. The van der Waals surface area contributed by atoms with E-state index in [1.165, 1.54) is 0 Å². The largest absolute Gasteiger partial charge is 0.481 e. The van der Waals surface area contributed by atoms with Crippen molar-refractivity contribution >= 4 is 5.97 Å². The number of rotatable bonds is 1. The summed E-state index contributed by atoms with van der Waals surface area (Å²) < 4.78 is 5.00. The SMILES string of the molecule is O=C(O)C1COC(O)C2CC=CC12. The van der Waals surface area contributed by atoms with E-state index < -0.39 is 18.2 Å². The Morgan fingerprint density at radius 2 is 2.31 bits per heavy atom. The van der Waals surface area contributed by atoms with Gasteiger partial charge in [0.25, 0.3) is 0 Å². The molecule has 1 aliphatic carbocycles. The van der Waals surface area contributed by atoms with Gasteiger partial charge in [-0.25, -0.2) is 0 Å². The third-order valence-corrected chi connectivity index (χ3v) is 2.86. The van der Waals surface area contributed by atoms with Gasteiger partial charge in [-0.05, 0) is 6.42 Å². The zero-order valence-electron chi connectivity index (χ0n) is 7.09. The highest BCUT2D eigenvalue weighted by molar-refractivity contribution is 5.71. The first-order valence-corrected chi connectivity index (χ1v) is 4.39. The average molecular weight is 184 g/mol. The average Bonchev–Trinajstić information content (AvgIpc) is 2.53. The lowest BCUT2D eigenvalue weighted by molar-refractivity contribution is -0.195. The Hall–Kier alpha value is -0.870. The van der Waals surface area contributed by atoms with Crippen LogP contribution in [0.1, 0.15) is 6.42 Å². The van der Waals surface area contributed by atoms with E-state index in [2.05, 4.69) is 0 Å². The van der Waals surface area contributed by atoms with Gasteiger partial charge < -0.3 is 14.9 Å². The lowest BCUT2D eigenvalue weighted by atomic mass is 9.82. The van der Waals surface area contributed by atoms with Crippen LogP contribution in [-0.2, 0) is 9.53 Å². The summed E-state index contributed by atoms with van der Waals surface area (Å²) in [6.45, 7) is 0.113. The number of aliphatic carboxylic acids is 1. The van der Waals surface area contributed by atoms with E-state index >= 15 is 0 Å². The van der Waals surface area contributed by atoms with Crippen LogP contribution >= 0.6 is 0 Å². The van der Waals surface area contributed by atoms with Crippen LogP contribution in [-0.4, -0.2) is 29.1 Å². The van der Waals surface area contributed by atoms with Gasteiger partial charge in [-0.1, -0.05) is 12.2 Å². The fraction of sp³-hybridized carbons (Fsp3) is 0.667. The van der Waals surface area contributed by atoms with Crippen LogP contribution in [0.2, 0.25) is 0 Å². The molecule has 0 aromatic rings. The van der Waals surface area contributed by atoms with Gasteiger partial charge in [0.1, 0.15) is 0 Å². The molecule has 2 rings (SSSR count). The summed E-state index contributed by atoms with van der Waals surface area (Å²) in [5.74, 6) is -1.45. The Morgan fingerprint density at radius 1 is 1.54 bits per heavy atom. The van der Waals surface area contributed by atoms with Gasteiger partial charge in [0, 0.05) is 11.8 Å². The topological polar surface area (TPSA) is 66.8 Å². The number of aliphatic hydroxyl groups is 1. The van der Waals surface area contributed by atoms with Crippen molar-refractivity contribution in [2.45, 2.75) is 12.7 Å². The molecular formula is C9H12O4. The van der Waals surface area contributed by atoms with Crippen LogP contribution in [0.5, 0.6) is 0 Å². The van der Waals surface area contributed by atoms with Crippen LogP contribution in [0.25, 0.3) is 0 Å². The second-order valence-electron chi connectivity index (χ2n) is 3.57. The molecular weight excluding hydrogens is 172 g/mol. The number of carbonyl (C=O) groups is 1. The zero-order valence-corrected chi connectivity index (χ0v) is 7.09. The predicted molar refractivity (Wildman–Crippen MR) is 43.8 cm³/mol. The van der Waals surface area contributed by atoms with E-state index in [1.807, 2.05) is 12.2 Å². The Balaban J connectivity index is 2.16. The number of allylic oxidation sites excluding steroid dienone is 2. The molecule has 0 radical (unpaired) electrons. The minimum atomic E-state index is -0.839. The van der Waals surface area contributed by atoms with Gasteiger partial charge in [0.15, 0.2) is 6.29 Å². The van der Waals surface area contributed by atoms with E-state index in [9.17, 15) is 9.90 Å². The third kappa shape index (κ3) is 1.36. The summed E-state index contributed by atoms with van der Waals surface area (Å²) in [6, 6.07) is 0. The maximum absolute atomic E-state index is 10.8.